The third-order valence-electron chi connectivity index (χ3n) is 5.08. The van der Waals surface area contributed by atoms with Gasteiger partial charge in [-0.3, -0.25) is 9.59 Å². The van der Waals surface area contributed by atoms with E-state index in [-0.39, 0.29) is 17.6 Å². The van der Waals surface area contributed by atoms with Gasteiger partial charge >= 0.3 is 0 Å². The van der Waals surface area contributed by atoms with E-state index < -0.39 is 0 Å². The van der Waals surface area contributed by atoms with Crippen molar-refractivity contribution >= 4 is 28.5 Å². The smallest absolute Gasteiger partial charge is 0.291 e. The summed E-state index contributed by atoms with van der Waals surface area (Å²) in [7, 11) is 1.57. The number of rotatable bonds is 4. The Balaban J connectivity index is 1.55. The van der Waals surface area contributed by atoms with Crippen LogP contribution in [-0.4, -0.2) is 30.4 Å². The zero-order valence-corrected chi connectivity index (χ0v) is 16.0. The molecule has 2 amide bonds. The fourth-order valence-electron chi connectivity index (χ4n) is 3.57. The highest BCUT2D eigenvalue weighted by Gasteiger charge is 2.20. The van der Waals surface area contributed by atoms with Crippen molar-refractivity contribution in [1.82, 2.24) is 4.90 Å². The van der Waals surface area contributed by atoms with Crippen molar-refractivity contribution in [2.45, 2.75) is 26.3 Å². The lowest BCUT2D eigenvalue weighted by atomic mass is 9.99. The number of nitrogens with one attached hydrogen (secondary N) is 1. The molecule has 0 saturated heterocycles. The molecule has 0 radical (unpaired) electrons. The first-order chi connectivity index (χ1) is 13.6. The number of hydrogen-bond donors (Lipinski definition) is 1. The van der Waals surface area contributed by atoms with E-state index in [1.807, 2.05) is 42.2 Å². The minimum absolute atomic E-state index is 0.149. The van der Waals surface area contributed by atoms with Crippen molar-refractivity contribution in [3.8, 4) is 5.75 Å². The molecule has 0 fully saturated rings. The minimum Gasteiger partial charge on any atom is -0.493 e. The van der Waals surface area contributed by atoms with Gasteiger partial charge in [-0.1, -0.05) is 25.1 Å². The van der Waals surface area contributed by atoms with Crippen LogP contribution in [0.15, 0.2) is 46.9 Å². The summed E-state index contributed by atoms with van der Waals surface area (Å²) < 4.78 is 11.0. The molecule has 28 heavy (non-hydrogen) atoms. The number of methoxy groups -OCH3 is 1. The van der Waals surface area contributed by atoms with Crippen LogP contribution in [0.1, 0.15) is 35.0 Å². The molecule has 1 aliphatic heterocycles. The Hall–Kier alpha value is -3.28. The number of carbonyl (C=O) groups is 2. The topological polar surface area (TPSA) is 71.8 Å². The number of fused-ring (bicyclic) bond motifs is 2. The Labute approximate surface area is 163 Å². The normalized spacial score (nSPS) is 13.3. The zero-order chi connectivity index (χ0) is 19.7. The molecule has 0 aliphatic carbocycles. The highest BCUT2D eigenvalue weighted by atomic mass is 16.5. The number of amides is 2. The molecule has 0 bridgehead atoms. The van der Waals surface area contributed by atoms with Crippen molar-refractivity contribution in [2.75, 3.05) is 19.0 Å². The van der Waals surface area contributed by atoms with E-state index in [0.29, 0.717) is 30.0 Å². The number of furan rings is 1. The number of carbonyl (C=O) groups excluding carboxylic acids is 2. The first-order valence-electron chi connectivity index (χ1n) is 9.36. The van der Waals surface area contributed by atoms with E-state index >= 15 is 0 Å². The van der Waals surface area contributed by atoms with E-state index in [1.165, 1.54) is 5.56 Å². The summed E-state index contributed by atoms with van der Waals surface area (Å²) in [5.74, 6) is 0.637. The molecule has 4 rings (SSSR count). The molecular formula is C22H22N2O4. The van der Waals surface area contributed by atoms with Crippen molar-refractivity contribution in [2.24, 2.45) is 0 Å². The van der Waals surface area contributed by atoms with Gasteiger partial charge in [0.25, 0.3) is 5.91 Å². The number of para-hydroxylation sites is 1. The molecule has 1 aromatic heterocycles. The number of ether oxygens (including phenoxy) is 1. The van der Waals surface area contributed by atoms with Gasteiger partial charge in [0.1, 0.15) is 0 Å². The molecule has 144 valence electrons. The van der Waals surface area contributed by atoms with E-state index in [4.69, 9.17) is 9.15 Å². The van der Waals surface area contributed by atoms with Crippen LogP contribution in [0.4, 0.5) is 5.69 Å². The van der Waals surface area contributed by atoms with Crippen LogP contribution >= 0.6 is 0 Å². The molecule has 0 saturated carbocycles. The maximum absolute atomic E-state index is 12.7. The van der Waals surface area contributed by atoms with E-state index in [1.54, 1.807) is 19.2 Å². The quantitative estimate of drug-likeness (QED) is 0.745. The van der Waals surface area contributed by atoms with Gasteiger partial charge in [0.05, 0.1) is 7.11 Å². The monoisotopic (exact) mass is 378 g/mol. The Morgan fingerprint density at radius 2 is 2.04 bits per heavy atom. The fraction of sp³-hybridized carbons (Fsp3) is 0.273. The predicted octanol–water partition coefficient (Wildman–Crippen LogP) is 3.99. The third kappa shape index (κ3) is 3.33. The Bertz CT molecular complexity index is 1050. The fourth-order valence-corrected chi connectivity index (χ4v) is 3.57. The van der Waals surface area contributed by atoms with Gasteiger partial charge in [-0.25, -0.2) is 0 Å². The summed E-state index contributed by atoms with van der Waals surface area (Å²) in [6, 6.07) is 13.1. The molecule has 2 heterocycles. The predicted molar refractivity (Wildman–Crippen MR) is 107 cm³/mol. The Kier molecular flexibility index (Phi) is 4.77. The van der Waals surface area contributed by atoms with Crippen molar-refractivity contribution < 1.29 is 18.7 Å². The summed E-state index contributed by atoms with van der Waals surface area (Å²) in [5, 5.41) is 3.70. The lowest BCUT2D eigenvalue weighted by Gasteiger charge is -2.29. The standard InChI is InChI=1S/C22H22N2O4/c1-3-20(25)24-10-9-14-7-8-17(11-16(14)13-24)23-22(26)19-12-15-5-4-6-18(27-2)21(15)28-19/h4-8,11-12H,3,9-10,13H2,1-2H3,(H,23,26). The van der Waals surface area contributed by atoms with Gasteiger partial charge in [-0.05, 0) is 41.8 Å². The highest BCUT2D eigenvalue weighted by Crippen LogP contribution is 2.29. The molecule has 6 heteroatoms. The lowest BCUT2D eigenvalue weighted by molar-refractivity contribution is -0.131. The van der Waals surface area contributed by atoms with Gasteiger partial charge in [-0.15, -0.1) is 0 Å². The maximum Gasteiger partial charge on any atom is 0.291 e. The van der Waals surface area contributed by atoms with Gasteiger partial charge < -0.3 is 19.4 Å². The number of benzene rings is 2. The van der Waals surface area contributed by atoms with Crippen LogP contribution in [-0.2, 0) is 17.8 Å². The number of nitrogens with zero attached hydrogens (tertiary/aromatic N) is 1. The summed E-state index contributed by atoms with van der Waals surface area (Å²) in [6.07, 6.45) is 1.33. The summed E-state index contributed by atoms with van der Waals surface area (Å²) in [5.41, 5.74) is 3.51. The van der Waals surface area contributed by atoms with Gasteiger partial charge in [0.15, 0.2) is 17.1 Å². The van der Waals surface area contributed by atoms with E-state index in [9.17, 15) is 9.59 Å². The van der Waals surface area contributed by atoms with Crippen LogP contribution in [0.3, 0.4) is 0 Å². The SMILES string of the molecule is CCC(=O)N1CCc2ccc(NC(=O)c3cc4cccc(OC)c4o3)cc2C1. The first kappa shape index (κ1) is 18.1. The third-order valence-corrected chi connectivity index (χ3v) is 5.08. The number of anilines is 1. The summed E-state index contributed by atoms with van der Waals surface area (Å²) in [4.78, 5) is 26.5. The van der Waals surface area contributed by atoms with Crippen molar-refractivity contribution in [3.63, 3.8) is 0 Å². The molecule has 0 unspecified atom stereocenters. The second-order valence-electron chi connectivity index (χ2n) is 6.85. The molecule has 0 spiro atoms. The molecule has 1 aliphatic rings. The molecule has 1 N–H and O–H groups in total. The van der Waals surface area contributed by atoms with Crippen LogP contribution in [0.25, 0.3) is 11.0 Å². The zero-order valence-electron chi connectivity index (χ0n) is 16.0. The molecular weight excluding hydrogens is 356 g/mol. The Morgan fingerprint density at radius 3 is 2.82 bits per heavy atom. The van der Waals surface area contributed by atoms with Gasteiger partial charge in [0, 0.05) is 30.6 Å². The van der Waals surface area contributed by atoms with Gasteiger partial charge in [0.2, 0.25) is 5.91 Å². The van der Waals surface area contributed by atoms with Crippen LogP contribution in [0, 0.1) is 0 Å². The number of hydrogen-bond acceptors (Lipinski definition) is 4. The highest BCUT2D eigenvalue weighted by molar-refractivity contribution is 6.05. The van der Waals surface area contributed by atoms with E-state index in [2.05, 4.69) is 5.32 Å². The molecule has 3 aromatic rings. The second kappa shape index (κ2) is 7.38. The molecule has 2 aromatic carbocycles. The summed E-state index contributed by atoms with van der Waals surface area (Å²) >= 11 is 0. The summed E-state index contributed by atoms with van der Waals surface area (Å²) in [6.45, 7) is 3.19. The molecule has 6 nitrogen and oxygen atoms in total. The minimum atomic E-state index is -0.324. The Morgan fingerprint density at radius 1 is 1.18 bits per heavy atom. The van der Waals surface area contributed by atoms with Crippen LogP contribution in [0.5, 0.6) is 5.75 Å². The van der Waals surface area contributed by atoms with Crippen LogP contribution in [0.2, 0.25) is 0 Å². The molecule has 0 atom stereocenters. The van der Waals surface area contributed by atoms with Crippen LogP contribution < -0.4 is 10.1 Å². The van der Waals surface area contributed by atoms with Crippen molar-refractivity contribution in [1.29, 1.82) is 0 Å². The average Bonchev–Trinajstić information content (AvgIpc) is 3.17. The maximum atomic E-state index is 12.7. The first-order valence-corrected chi connectivity index (χ1v) is 9.36. The van der Waals surface area contributed by atoms with Crippen molar-refractivity contribution in [3.05, 3.63) is 59.4 Å². The lowest BCUT2D eigenvalue weighted by Crippen LogP contribution is -2.35. The van der Waals surface area contributed by atoms with E-state index in [0.717, 1.165) is 23.9 Å². The largest absolute Gasteiger partial charge is 0.493 e. The second-order valence-corrected chi connectivity index (χ2v) is 6.85. The van der Waals surface area contributed by atoms with Gasteiger partial charge in [-0.2, -0.15) is 0 Å². The average molecular weight is 378 g/mol.